The van der Waals surface area contributed by atoms with Crippen molar-refractivity contribution in [1.82, 2.24) is 9.55 Å². The zero-order chi connectivity index (χ0) is 14.0. The summed E-state index contributed by atoms with van der Waals surface area (Å²) < 4.78 is 2.04. The molecule has 0 fully saturated rings. The van der Waals surface area contributed by atoms with Crippen LogP contribution in [0.3, 0.4) is 0 Å². The van der Waals surface area contributed by atoms with Crippen LogP contribution in [0.15, 0.2) is 36.9 Å². The molecule has 2 rings (SSSR count). The maximum atomic E-state index is 6.26. The van der Waals surface area contributed by atoms with Gasteiger partial charge in [-0.05, 0) is 13.0 Å². The highest BCUT2D eigenvalue weighted by Gasteiger charge is 2.17. The molecular weight excluding hydrogens is 234 g/mol. The van der Waals surface area contributed by atoms with Gasteiger partial charge in [0.05, 0.1) is 0 Å². The molecule has 19 heavy (non-hydrogen) atoms. The molecule has 0 aliphatic carbocycles. The van der Waals surface area contributed by atoms with Crippen molar-refractivity contribution in [1.29, 1.82) is 0 Å². The number of aromatic nitrogens is 2. The van der Waals surface area contributed by atoms with Gasteiger partial charge in [0.2, 0.25) is 0 Å². The number of nitrogens with zero attached hydrogens (tertiary/aromatic N) is 2. The van der Waals surface area contributed by atoms with Gasteiger partial charge >= 0.3 is 0 Å². The number of hydrogen-bond donors (Lipinski definition) is 1. The second-order valence-electron chi connectivity index (χ2n) is 5.13. The average molecular weight is 255 g/mol. The van der Waals surface area contributed by atoms with E-state index in [1.165, 1.54) is 5.56 Å². The number of nitrogen functional groups attached to an aromatic ring is 1. The van der Waals surface area contributed by atoms with Crippen molar-refractivity contribution >= 4 is 5.82 Å². The summed E-state index contributed by atoms with van der Waals surface area (Å²) in [5.74, 6) is 2.06. The number of nitrogens with two attached hydrogens (primary N) is 1. The first kappa shape index (κ1) is 13.4. The molecule has 0 spiro atoms. The molecule has 100 valence electrons. The van der Waals surface area contributed by atoms with Crippen molar-refractivity contribution in [3.63, 3.8) is 0 Å². The fourth-order valence-electron chi connectivity index (χ4n) is 2.25. The highest BCUT2D eigenvalue weighted by molar-refractivity contribution is 5.71. The number of allylic oxidation sites excluding steroid dienone is 1. The number of aryl methyl sites for hydroxylation is 1. The molecule has 1 heterocycles. The SMILES string of the molecule is C=CCn1c(C(C)C)nc(-c2cccc(C)c2)c1N. The van der Waals surface area contributed by atoms with Gasteiger partial charge in [-0.3, -0.25) is 0 Å². The van der Waals surface area contributed by atoms with Crippen LogP contribution < -0.4 is 5.73 Å². The third-order valence-corrected chi connectivity index (χ3v) is 3.16. The lowest BCUT2D eigenvalue weighted by Crippen LogP contribution is -2.07. The maximum absolute atomic E-state index is 6.26. The van der Waals surface area contributed by atoms with E-state index in [9.17, 15) is 0 Å². The standard InChI is InChI=1S/C16H21N3/c1-5-9-19-15(17)14(18-16(19)11(2)3)13-8-6-7-12(4)10-13/h5-8,10-11H,1,9,17H2,2-4H3. The number of hydrogen-bond acceptors (Lipinski definition) is 2. The maximum Gasteiger partial charge on any atom is 0.132 e. The van der Waals surface area contributed by atoms with Gasteiger partial charge in [-0.25, -0.2) is 4.98 Å². The molecule has 0 aliphatic heterocycles. The van der Waals surface area contributed by atoms with Gasteiger partial charge in [0, 0.05) is 18.0 Å². The molecular formula is C16H21N3. The van der Waals surface area contributed by atoms with Gasteiger partial charge in [0.1, 0.15) is 17.3 Å². The van der Waals surface area contributed by atoms with Crippen molar-refractivity contribution in [2.75, 3.05) is 5.73 Å². The van der Waals surface area contributed by atoms with Gasteiger partial charge in [0.15, 0.2) is 0 Å². The molecule has 3 heteroatoms. The second kappa shape index (κ2) is 5.31. The minimum atomic E-state index is 0.334. The summed E-state index contributed by atoms with van der Waals surface area (Å²) in [6.45, 7) is 10.8. The third kappa shape index (κ3) is 2.55. The summed E-state index contributed by atoms with van der Waals surface area (Å²) >= 11 is 0. The normalized spacial score (nSPS) is 10.9. The lowest BCUT2D eigenvalue weighted by Gasteiger charge is -2.09. The molecule has 0 amide bonds. The molecule has 0 unspecified atom stereocenters. The Labute approximate surface area is 114 Å². The van der Waals surface area contributed by atoms with E-state index in [-0.39, 0.29) is 0 Å². The van der Waals surface area contributed by atoms with Gasteiger partial charge in [0.25, 0.3) is 0 Å². The lowest BCUT2D eigenvalue weighted by molar-refractivity contribution is 0.684. The Hall–Kier alpha value is -2.03. The van der Waals surface area contributed by atoms with Crippen LogP contribution >= 0.6 is 0 Å². The first-order chi connectivity index (χ1) is 9.04. The van der Waals surface area contributed by atoms with Crippen molar-refractivity contribution in [2.45, 2.75) is 33.2 Å². The molecule has 1 aromatic carbocycles. The predicted molar refractivity (Wildman–Crippen MR) is 81.1 cm³/mol. The summed E-state index contributed by atoms with van der Waals surface area (Å²) in [6, 6.07) is 8.27. The van der Waals surface area contributed by atoms with Crippen LogP contribution in [0.1, 0.15) is 31.2 Å². The third-order valence-electron chi connectivity index (χ3n) is 3.16. The highest BCUT2D eigenvalue weighted by atomic mass is 15.1. The second-order valence-corrected chi connectivity index (χ2v) is 5.13. The monoisotopic (exact) mass is 255 g/mol. The molecule has 0 saturated heterocycles. The first-order valence-electron chi connectivity index (χ1n) is 6.58. The van der Waals surface area contributed by atoms with Crippen molar-refractivity contribution in [3.05, 3.63) is 48.3 Å². The van der Waals surface area contributed by atoms with Crippen molar-refractivity contribution < 1.29 is 0 Å². The molecule has 2 aromatic rings. The molecule has 0 radical (unpaired) electrons. The van der Waals surface area contributed by atoms with E-state index in [1.54, 1.807) is 0 Å². The Bertz CT molecular complexity index is 594. The minimum absolute atomic E-state index is 0.334. The van der Waals surface area contributed by atoms with Crippen LogP contribution in [-0.4, -0.2) is 9.55 Å². The summed E-state index contributed by atoms with van der Waals surface area (Å²) in [7, 11) is 0. The molecule has 0 atom stereocenters. The quantitative estimate of drug-likeness (QED) is 0.845. The van der Waals surface area contributed by atoms with Gasteiger partial charge in [-0.15, -0.1) is 6.58 Å². The van der Waals surface area contributed by atoms with Gasteiger partial charge < -0.3 is 10.3 Å². The largest absolute Gasteiger partial charge is 0.383 e. The average Bonchev–Trinajstić information content (AvgIpc) is 2.68. The van der Waals surface area contributed by atoms with E-state index >= 15 is 0 Å². The molecule has 1 aromatic heterocycles. The van der Waals surface area contributed by atoms with Crippen LogP contribution in [0.2, 0.25) is 0 Å². The summed E-state index contributed by atoms with van der Waals surface area (Å²) in [6.07, 6.45) is 1.85. The molecule has 3 nitrogen and oxygen atoms in total. The number of benzene rings is 1. The zero-order valence-corrected chi connectivity index (χ0v) is 11.9. The fourth-order valence-corrected chi connectivity index (χ4v) is 2.25. The van der Waals surface area contributed by atoms with Crippen molar-refractivity contribution in [3.8, 4) is 11.3 Å². The Morgan fingerprint density at radius 1 is 1.42 bits per heavy atom. The molecule has 2 N–H and O–H groups in total. The first-order valence-corrected chi connectivity index (χ1v) is 6.58. The van der Waals surface area contributed by atoms with Gasteiger partial charge in [-0.2, -0.15) is 0 Å². The van der Waals surface area contributed by atoms with Gasteiger partial charge in [-0.1, -0.05) is 43.7 Å². The van der Waals surface area contributed by atoms with E-state index in [0.717, 1.165) is 17.1 Å². The summed E-state index contributed by atoms with van der Waals surface area (Å²) in [4.78, 5) is 4.73. The molecule has 0 bridgehead atoms. The van der Waals surface area contributed by atoms with E-state index in [2.05, 4.69) is 39.5 Å². The minimum Gasteiger partial charge on any atom is -0.383 e. The fraction of sp³-hybridized carbons (Fsp3) is 0.312. The van der Waals surface area contributed by atoms with Crippen LogP contribution in [0.25, 0.3) is 11.3 Å². The number of imidazole rings is 1. The van der Waals surface area contributed by atoms with E-state index in [1.807, 2.05) is 22.8 Å². The number of rotatable bonds is 4. The Morgan fingerprint density at radius 3 is 2.74 bits per heavy atom. The Morgan fingerprint density at radius 2 is 2.16 bits per heavy atom. The Balaban J connectivity index is 2.58. The van der Waals surface area contributed by atoms with Crippen molar-refractivity contribution in [2.24, 2.45) is 0 Å². The predicted octanol–water partition coefficient (Wildman–Crippen LogP) is 3.75. The molecule has 0 aliphatic rings. The smallest absolute Gasteiger partial charge is 0.132 e. The summed E-state index contributed by atoms with van der Waals surface area (Å²) in [5, 5.41) is 0. The van der Waals surface area contributed by atoms with E-state index in [0.29, 0.717) is 18.3 Å². The van der Waals surface area contributed by atoms with Crippen LogP contribution in [-0.2, 0) is 6.54 Å². The van der Waals surface area contributed by atoms with E-state index < -0.39 is 0 Å². The zero-order valence-electron chi connectivity index (χ0n) is 11.9. The molecule has 0 saturated carbocycles. The Kier molecular flexibility index (Phi) is 3.74. The summed E-state index contributed by atoms with van der Waals surface area (Å²) in [5.41, 5.74) is 9.41. The topological polar surface area (TPSA) is 43.8 Å². The number of anilines is 1. The van der Waals surface area contributed by atoms with Crippen LogP contribution in [0, 0.1) is 6.92 Å². The van der Waals surface area contributed by atoms with Crippen LogP contribution in [0.4, 0.5) is 5.82 Å². The lowest BCUT2D eigenvalue weighted by atomic mass is 10.1. The highest BCUT2D eigenvalue weighted by Crippen LogP contribution is 2.29. The van der Waals surface area contributed by atoms with E-state index in [4.69, 9.17) is 10.7 Å². The van der Waals surface area contributed by atoms with Crippen LogP contribution in [0.5, 0.6) is 0 Å².